The molecule has 0 aliphatic carbocycles. The van der Waals surface area contributed by atoms with Crippen molar-refractivity contribution >= 4 is 28.3 Å². The number of carbonyl (C=O) groups excluding carboxylic acids is 2. The second kappa shape index (κ2) is 9.41. The van der Waals surface area contributed by atoms with Crippen molar-refractivity contribution in [2.75, 3.05) is 26.1 Å². The third-order valence-corrected chi connectivity index (χ3v) is 4.98. The lowest BCUT2D eigenvalue weighted by Gasteiger charge is -2.08. The molecule has 8 heteroatoms. The number of hydrogen-bond donors (Lipinski definition) is 1. The molecule has 0 atom stereocenters. The van der Waals surface area contributed by atoms with Gasteiger partial charge in [-0.2, -0.15) is 0 Å². The Morgan fingerprint density at radius 1 is 1.00 bits per heavy atom. The van der Waals surface area contributed by atoms with Gasteiger partial charge in [0.1, 0.15) is 0 Å². The molecule has 0 fully saturated rings. The Bertz CT molecular complexity index is 1060. The quantitative estimate of drug-likeness (QED) is 0.569. The SMILES string of the molecule is COc1ccc(-c2csc(NC(=O)COC(=O)c3cc(C)cc(C)c3)n2)cc1OC. The first-order valence-corrected chi connectivity index (χ1v) is 10.0. The van der Waals surface area contributed by atoms with E-state index in [0.717, 1.165) is 16.7 Å². The Balaban J connectivity index is 1.60. The van der Waals surface area contributed by atoms with Crippen molar-refractivity contribution in [3.63, 3.8) is 0 Å². The largest absolute Gasteiger partial charge is 0.493 e. The monoisotopic (exact) mass is 426 g/mol. The van der Waals surface area contributed by atoms with Crippen molar-refractivity contribution in [2.24, 2.45) is 0 Å². The molecule has 0 spiro atoms. The molecule has 1 aromatic heterocycles. The van der Waals surface area contributed by atoms with Gasteiger partial charge < -0.3 is 14.2 Å². The summed E-state index contributed by atoms with van der Waals surface area (Å²) in [7, 11) is 3.13. The number of nitrogens with one attached hydrogen (secondary N) is 1. The van der Waals surface area contributed by atoms with Gasteiger partial charge in [0, 0.05) is 10.9 Å². The first-order chi connectivity index (χ1) is 14.4. The molecule has 0 aliphatic heterocycles. The second-order valence-corrected chi connectivity index (χ2v) is 7.47. The number of amides is 1. The number of methoxy groups -OCH3 is 2. The van der Waals surface area contributed by atoms with Gasteiger partial charge in [-0.1, -0.05) is 17.2 Å². The highest BCUT2D eigenvalue weighted by Gasteiger charge is 2.14. The summed E-state index contributed by atoms with van der Waals surface area (Å²) in [5, 5.41) is 4.88. The standard InChI is InChI=1S/C22H22N2O5S/c1-13-7-14(2)9-16(8-13)21(26)29-11-20(25)24-22-23-17(12-30-22)15-5-6-18(27-3)19(10-15)28-4/h5-10,12H,11H2,1-4H3,(H,23,24,25). The number of rotatable bonds is 7. The minimum Gasteiger partial charge on any atom is -0.493 e. The van der Waals surface area contributed by atoms with Crippen molar-refractivity contribution in [1.82, 2.24) is 4.98 Å². The van der Waals surface area contributed by atoms with Crippen LogP contribution in [-0.2, 0) is 9.53 Å². The van der Waals surface area contributed by atoms with Crippen LogP contribution in [0, 0.1) is 13.8 Å². The molecule has 3 aromatic rings. The van der Waals surface area contributed by atoms with Crippen molar-refractivity contribution in [1.29, 1.82) is 0 Å². The molecule has 0 aliphatic rings. The zero-order valence-corrected chi connectivity index (χ0v) is 18.0. The van der Waals surface area contributed by atoms with Crippen LogP contribution < -0.4 is 14.8 Å². The van der Waals surface area contributed by atoms with Crippen molar-refractivity contribution in [2.45, 2.75) is 13.8 Å². The van der Waals surface area contributed by atoms with E-state index in [4.69, 9.17) is 14.2 Å². The lowest BCUT2D eigenvalue weighted by Crippen LogP contribution is -2.21. The van der Waals surface area contributed by atoms with Gasteiger partial charge in [0.15, 0.2) is 23.2 Å². The highest BCUT2D eigenvalue weighted by atomic mass is 32.1. The molecule has 3 rings (SSSR count). The summed E-state index contributed by atoms with van der Waals surface area (Å²) in [6.45, 7) is 3.40. The Kier molecular flexibility index (Phi) is 6.68. The molecule has 0 saturated heterocycles. The Morgan fingerprint density at radius 2 is 1.70 bits per heavy atom. The molecule has 156 valence electrons. The second-order valence-electron chi connectivity index (χ2n) is 6.61. The molecule has 1 N–H and O–H groups in total. The fourth-order valence-electron chi connectivity index (χ4n) is 2.92. The number of hydrogen-bond acceptors (Lipinski definition) is 7. The van der Waals surface area contributed by atoms with Crippen molar-refractivity contribution < 1.29 is 23.8 Å². The number of aromatic nitrogens is 1. The van der Waals surface area contributed by atoms with Crippen LogP contribution in [0.15, 0.2) is 41.8 Å². The molecule has 0 radical (unpaired) electrons. The van der Waals surface area contributed by atoms with Gasteiger partial charge in [0.05, 0.1) is 25.5 Å². The highest BCUT2D eigenvalue weighted by molar-refractivity contribution is 7.14. The molecule has 1 heterocycles. The number of anilines is 1. The van der Waals surface area contributed by atoms with Crippen molar-refractivity contribution in [3.8, 4) is 22.8 Å². The number of aryl methyl sites for hydroxylation is 2. The summed E-state index contributed by atoms with van der Waals surface area (Å²) in [5.41, 5.74) is 3.84. The molecular formula is C22H22N2O5S. The van der Waals surface area contributed by atoms with Crippen LogP contribution >= 0.6 is 11.3 Å². The number of carbonyl (C=O) groups is 2. The molecule has 7 nitrogen and oxygen atoms in total. The first kappa shape index (κ1) is 21.3. The highest BCUT2D eigenvalue weighted by Crippen LogP contribution is 2.33. The van der Waals surface area contributed by atoms with Gasteiger partial charge in [-0.3, -0.25) is 10.1 Å². The fourth-order valence-corrected chi connectivity index (χ4v) is 3.66. The smallest absolute Gasteiger partial charge is 0.338 e. The predicted octanol–water partition coefficient (Wildman–Crippen LogP) is 4.24. The normalized spacial score (nSPS) is 10.4. The van der Waals surface area contributed by atoms with E-state index in [-0.39, 0.29) is 0 Å². The zero-order chi connectivity index (χ0) is 21.7. The molecule has 2 aromatic carbocycles. The van der Waals surface area contributed by atoms with E-state index in [1.54, 1.807) is 32.4 Å². The van der Waals surface area contributed by atoms with Gasteiger partial charge in [0.25, 0.3) is 5.91 Å². The van der Waals surface area contributed by atoms with E-state index in [0.29, 0.717) is 27.9 Å². The number of benzene rings is 2. The van der Waals surface area contributed by atoms with E-state index in [9.17, 15) is 9.59 Å². The van der Waals surface area contributed by atoms with Crippen LogP contribution in [0.2, 0.25) is 0 Å². The molecule has 30 heavy (non-hydrogen) atoms. The lowest BCUT2D eigenvalue weighted by molar-refractivity contribution is -0.119. The summed E-state index contributed by atoms with van der Waals surface area (Å²) in [4.78, 5) is 28.7. The van der Waals surface area contributed by atoms with Gasteiger partial charge in [-0.05, 0) is 44.2 Å². The van der Waals surface area contributed by atoms with Crippen LogP contribution in [0.25, 0.3) is 11.3 Å². The molecule has 0 unspecified atom stereocenters. The van der Waals surface area contributed by atoms with Crippen LogP contribution in [0.3, 0.4) is 0 Å². The van der Waals surface area contributed by atoms with Crippen LogP contribution in [-0.4, -0.2) is 37.7 Å². The zero-order valence-electron chi connectivity index (χ0n) is 17.1. The molecule has 1 amide bonds. The summed E-state index contributed by atoms with van der Waals surface area (Å²) < 4.78 is 15.7. The minimum atomic E-state index is -0.540. The van der Waals surface area contributed by atoms with Crippen LogP contribution in [0.1, 0.15) is 21.5 Å². The minimum absolute atomic E-state index is 0.392. The van der Waals surface area contributed by atoms with Gasteiger partial charge in [0.2, 0.25) is 0 Å². The number of nitrogens with zero attached hydrogens (tertiary/aromatic N) is 1. The third-order valence-electron chi connectivity index (χ3n) is 4.22. The maximum Gasteiger partial charge on any atom is 0.338 e. The Morgan fingerprint density at radius 3 is 2.37 bits per heavy atom. The summed E-state index contributed by atoms with van der Waals surface area (Å²) in [5.74, 6) is 0.213. The van der Waals surface area contributed by atoms with Crippen molar-refractivity contribution in [3.05, 3.63) is 58.5 Å². The van der Waals surface area contributed by atoms with Crippen LogP contribution in [0.5, 0.6) is 11.5 Å². The van der Waals surface area contributed by atoms with Gasteiger partial charge in [-0.15, -0.1) is 11.3 Å². The average Bonchev–Trinajstić information content (AvgIpc) is 3.19. The fraction of sp³-hybridized carbons (Fsp3) is 0.227. The van der Waals surface area contributed by atoms with E-state index >= 15 is 0 Å². The number of esters is 1. The molecule has 0 saturated carbocycles. The van der Waals surface area contributed by atoms with E-state index in [1.165, 1.54) is 11.3 Å². The third kappa shape index (κ3) is 5.15. The maximum absolute atomic E-state index is 12.2. The topological polar surface area (TPSA) is 86.8 Å². The number of ether oxygens (including phenoxy) is 3. The van der Waals surface area contributed by atoms with E-state index in [2.05, 4.69) is 10.3 Å². The molecular weight excluding hydrogens is 404 g/mol. The summed E-state index contributed by atoms with van der Waals surface area (Å²) >= 11 is 1.28. The Labute approximate surface area is 178 Å². The average molecular weight is 426 g/mol. The number of thiazole rings is 1. The molecule has 0 bridgehead atoms. The first-order valence-electron chi connectivity index (χ1n) is 9.13. The van der Waals surface area contributed by atoms with Crippen LogP contribution in [0.4, 0.5) is 5.13 Å². The van der Waals surface area contributed by atoms with E-state index in [1.807, 2.05) is 37.4 Å². The summed E-state index contributed by atoms with van der Waals surface area (Å²) in [6, 6.07) is 10.9. The maximum atomic E-state index is 12.2. The van der Waals surface area contributed by atoms with Gasteiger partial charge >= 0.3 is 5.97 Å². The summed E-state index contributed by atoms with van der Waals surface area (Å²) in [6.07, 6.45) is 0. The van der Waals surface area contributed by atoms with E-state index < -0.39 is 18.5 Å². The predicted molar refractivity (Wildman–Crippen MR) is 115 cm³/mol. The van der Waals surface area contributed by atoms with Gasteiger partial charge in [-0.25, -0.2) is 9.78 Å². The Hall–Kier alpha value is -3.39. The lowest BCUT2D eigenvalue weighted by atomic mass is 10.1.